The van der Waals surface area contributed by atoms with E-state index in [4.69, 9.17) is 0 Å². The lowest BCUT2D eigenvalue weighted by molar-refractivity contribution is -0.138. The number of anilines is 1. The molecule has 0 atom stereocenters. The van der Waals surface area contributed by atoms with E-state index < -0.39 is 17.6 Å². The van der Waals surface area contributed by atoms with Crippen molar-refractivity contribution in [2.24, 2.45) is 0 Å². The Morgan fingerprint density at radius 1 is 1.20 bits per heavy atom. The molecule has 0 aliphatic rings. The summed E-state index contributed by atoms with van der Waals surface area (Å²) in [6.07, 6.45) is -3.07. The van der Waals surface area contributed by atoms with Crippen molar-refractivity contribution in [2.75, 3.05) is 5.32 Å². The van der Waals surface area contributed by atoms with E-state index in [9.17, 15) is 18.0 Å². The number of benzene rings is 1. The van der Waals surface area contributed by atoms with Crippen LogP contribution in [0.3, 0.4) is 0 Å². The number of carbonyl (C=O) groups is 1. The minimum absolute atomic E-state index is 0.0520. The van der Waals surface area contributed by atoms with Crippen molar-refractivity contribution >= 4 is 27.5 Å². The Bertz CT molecular complexity index is 629. The molecule has 0 fully saturated rings. The number of pyridine rings is 1. The van der Waals surface area contributed by atoms with E-state index >= 15 is 0 Å². The molecule has 1 N–H and O–H groups in total. The van der Waals surface area contributed by atoms with E-state index in [0.717, 1.165) is 6.07 Å². The lowest BCUT2D eigenvalue weighted by Gasteiger charge is -2.11. The first-order valence-electron chi connectivity index (χ1n) is 5.47. The molecule has 0 radical (unpaired) electrons. The quantitative estimate of drug-likeness (QED) is 0.890. The molecule has 0 aliphatic heterocycles. The van der Waals surface area contributed by atoms with Gasteiger partial charge in [-0.15, -0.1) is 0 Å². The lowest BCUT2D eigenvalue weighted by Crippen LogP contribution is -2.14. The van der Waals surface area contributed by atoms with Gasteiger partial charge in [0.15, 0.2) is 0 Å². The number of rotatable bonds is 2. The zero-order chi connectivity index (χ0) is 14.8. The summed E-state index contributed by atoms with van der Waals surface area (Å²) in [7, 11) is 0. The molecular weight excluding hydrogens is 337 g/mol. The maximum atomic E-state index is 12.7. The molecule has 2 rings (SSSR count). The fraction of sp³-hybridized carbons (Fsp3) is 0.0769. The maximum Gasteiger partial charge on any atom is 0.417 e. The molecule has 20 heavy (non-hydrogen) atoms. The van der Waals surface area contributed by atoms with Crippen molar-refractivity contribution in [3.63, 3.8) is 0 Å². The summed E-state index contributed by atoms with van der Waals surface area (Å²) < 4.78 is 38.1. The Morgan fingerprint density at radius 2 is 1.95 bits per heavy atom. The normalized spacial score (nSPS) is 11.2. The van der Waals surface area contributed by atoms with Crippen LogP contribution in [-0.4, -0.2) is 10.9 Å². The van der Waals surface area contributed by atoms with E-state index in [0.29, 0.717) is 0 Å². The van der Waals surface area contributed by atoms with E-state index in [1.54, 1.807) is 12.1 Å². The number of halogens is 4. The van der Waals surface area contributed by atoms with Crippen molar-refractivity contribution in [3.05, 3.63) is 58.3 Å². The van der Waals surface area contributed by atoms with E-state index in [1.165, 1.54) is 24.4 Å². The summed E-state index contributed by atoms with van der Waals surface area (Å²) in [5.74, 6) is -0.568. The standard InChI is InChI=1S/C13H8BrF3N2O/c14-10-5-4-8(7-9(10)13(15,16)17)19-12(20)11-3-1-2-6-18-11/h1-7H,(H,19,20). The SMILES string of the molecule is O=C(Nc1ccc(Br)c(C(F)(F)F)c1)c1ccccn1. The highest BCUT2D eigenvalue weighted by Gasteiger charge is 2.33. The smallest absolute Gasteiger partial charge is 0.321 e. The molecule has 0 spiro atoms. The van der Waals surface area contributed by atoms with Crippen LogP contribution in [-0.2, 0) is 6.18 Å². The zero-order valence-corrected chi connectivity index (χ0v) is 11.5. The highest BCUT2D eigenvalue weighted by Crippen LogP contribution is 2.36. The minimum atomic E-state index is -4.50. The first-order valence-corrected chi connectivity index (χ1v) is 6.26. The molecule has 0 unspecified atom stereocenters. The molecule has 0 saturated carbocycles. The second-order valence-corrected chi connectivity index (χ2v) is 4.72. The topological polar surface area (TPSA) is 42.0 Å². The van der Waals surface area contributed by atoms with Crippen LogP contribution in [0.25, 0.3) is 0 Å². The Hall–Kier alpha value is -1.89. The second-order valence-electron chi connectivity index (χ2n) is 3.86. The monoisotopic (exact) mass is 344 g/mol. The second kappa shape index (κ2) is 5.62. The first kappa shape index (κ1) is 14.5. The summed E-state index contributed by atoms with van der Waals surface area (Å²) in [6.45, 7) is 0. The highest BCUT2D eigenvalue weighted by atomic mass is 79.9. The van der Waals surface area contributed by atoms with Gasteiger partial charge >= 0.3 is 6.18 Å². The molecule has 0 saturated heterocycles. The van der Waals surface area contributed by atoms with Crippen LogP contribution in [0, 0.1) is 0 Å². The molecule has 3 nitrogen and oxygen atoms in total. The number of nitrogens with zero attached hydrogens (tertiary/aromatic N) is 1. The van der Waals surface area contributed by atoms with Crippen LogP contribution in [0.4, 0.5) is 18.9 Å². The third-order valence-electron chi connectivity index (χ3n) is 2.43. The van der Waals surface area contributed by atoms with Gasteiger partial charge in [0.05, 0.1) is 5.56 Å². The minimum Gasteiger partial charge on any atom is -0.321 e. The Balaban J connectivity index is 2.25. The molecule has 104 valence electrons. The predicted octanol–water partition coefficient (Wildman–Crippen LogP) is 4.12. The highest BCUT2D eigenvalue weighted by molar-refractivity contribution is 9.10. The van der Waals surface area contributed by atoms with Gasteiger partial charge in [0.25, 0.3) is 5.91 Å². The fourth-order valence-electron chi connectivity index (χ4n) is 1.51. The van der Waals surface area contributed by atoms with Crippen LogP contribution in [0.2, 0.25) is 0 Å². The number of aromatic nitrogens is 1. The number of hydrogen-bond acceptors (Lipinski definition) is 2. The molecular formula is C13H8BrF3N2O. The number of nitrogens with one attached hydrogen (secondary N) is 1. The number of hydrogen-bond donors (Lipinski definition) is 1. The number of alkyl halides is 3. The van der Waals surface area contributed by atoms with Crippen LogP contribution < -0.4 is 5.32 Å². The first-order chi connectivity index (χ1) is 9.38. The van der Waals surface area contributed by atoms with Gasteiger partial charge in [0.1, 0.15) is 5.69 Å². The van der Waals surface area contributed by atoms with Crippen LogP contribution in [0.15, 0.2) is 47.1 Å². The lowest BCUT2D eigenvalue weighted by atomic mass is 10.2. The molecule has 1 aromatic heterocycles. The predicted molar refractivity (Wildman–Crippen MR) is 71.3 cm³/mol. The van der Waals surface area contributed by atoms with Crippen LogP contribution in [0.1, 0.15) is 16.1 Å². The zero-order valence-electron chi connectivity index (χ0n) is 9.91. The summed E-state index contributed by atoms with van der Waals surface area (Å²) in [5, 5.41) is 2.38. The number of amides is 1. The van der Waals surface area contributed by atoms with Gasteiger partial charge in [-0.25, -0.2) is 0 Å². The van der Waals surface area contributed by atoms with Gasteiger partial charge < -0.3 is 5.32 Å². The van der Waals surface area contributed by atoms with Crippen molar-refractivity contribution < 1.29 is 18.0 Å². The van der Waals surface area contributed by atoms with Crippen molar-refractivity contribution in [1.82, 2.24) is 4.98 Å². The van der Waals surface area contributed by atoms with Crippen molar-refractivity contribution in [2.45, 2.75) is 6.18 Å². The summed E-state index contributed by atoms with van der Waals surface area (Å²) >= 11 is 2.83. The molecule has 1 aromatic carbocycles. The molecule has 1 amide bonds. The third kappa shape index (κ3) is 3.36. The van der Waals surface area contributed by atoms with Crippen molar-refractivity contribution in [3.8, 4) is 0 Å². The maximum absolute atomic E-state index is 12.7. The van der Waals surface area contributed by atoms with Gasteiger partial charge in [-0.3, -0.25) is 9.78 Å². The summed E-state index contributed by atoms with van der Waals surface area (Å²) in [6, 6.07) is 8.20. The third-order valence-corrected chi connectivity index (χ3v) is 3.12. The van der Waals surface area contributed by atoms with E-state index in [-0.39, 0.29) is 15.9 Å². The average molecular weight is 345 g/mol. The summed E-state index contributed by atoms with van der Waals surface area (Å²) in [4.78, 5) is 15.6. The fourth-order valence-corrected chi connectivity index (χ4v) is 1.98. The van der Waals surface area contributed by atoms with Gasteiger partial charge in [-0.1, -0.05) is 22.0 Å². The van der Waals surface area contributed by atoms with Gasteiger partial charge in [-0.05, 0) is 30.3 Å². The Kier molecular flexibility index (Phi) is 4.08. The molecule has 2 aromatic rings. The largest absolute Gasteiger partial charge is 0.417 e. The van der Waals surface area contributed by atoms with Crippen molar-refractivity contribution in [1.29, 1.82) is 0 Å². The summed E-state index contributed by atoms with van der Waals surface area (Å²) in [5.41, 5.74) is -0.670. The molecule has 7 heteroatoms. The molecule has 1 heterocycles. The van der Waals surface area contributed by atoms with Crippen LogP contribution in [0.5, 0.6) is 0 Å². The van der Waals surface area contributed by atoms with Gasteiger partial charge in [-0.2, -0.15) is 13.2 Å². The van der Waals surface area contributed by atoms with Crippen LogP contribution >= 0.6 is 15.9 Å². The van der Waals surface area contributed by atoms with E-state index in [1.807, 2.05) is 0 Å². The Labute approximate surface area is 121 Å². The molecule has 0 aliphatic carbocycles. The Morgan fingerprint density at radius 3 is 2.55 bits per heavy atom. The van der Waals surface area contributed by atoms with Gasteiger partial charge in [0, 0.05) is 16.4 Å². The van der Waals surface area contributed by atoms with Gasteiger partial charge in [0.2, 0.25) is 0 Å². The average Bonchev–Trinajstić information content (AvgIpc) is 2.40. The van der Waals surface area contributed by atoms with E-state index in [2.05, 4.69) is 26.2 Å². The molecule has 0 bridgehead atoms. The number of carbonyl (C=O) groups excluding carboxylic acids is 1.